The number of aromatic nitrogens is 5. The highest BCUT2D eigenvalue weighted by atomic mass is 16.5. The first-order chi connectivity index (χ1) is 12.4. The molecule has 0 radical (unpaired) electrons. The van der Waals surface area contributed by atoms with Gasteiger partial charge in [0.1, 0.15) is 12.3 Å². The van der Waals surface area contributed by atoms with Crippen molar-refractivity contribution in [1.82, 2.24) is 24.5 Å². The van der Waals surface area contributed by atoms with Gasteiger partial charge in [-0.3, -0.25) is 14.3 Å². The molecule has 140 valence electrons. The summed E-state index contributed by atoms with van der Waals surface area (Å²) in [6.45, 7) is 3.16. The smallest absolute Gasteiger partial charge is 0.360 e. The molecule has 2 aromatic heterocycles. The number of hydrogen-bond donors (Lipinski definition) is 2. The van der Waals surface area contributed by atoms with Crippen LogP contribution in [0.4, 0.5) is 0 Å². The number of nitrogens with zero attached hydrogens (tertiary/aromatic N) is 4. The summed E-state index contributed by atoms with van der Waals surface area (Å²) in [5.41, 5.74) is -0.657. The normalized spacial score (nSPS) is 22.5. The highest BCUT2D eigenvalue weighted by Crippen LogP contribution is 2.35. The number of nitrogens with one attached hydrogen (secondary N) is 1. The predicted octanol–water partition coefficient (Wildman–Crippen LogP) is -0.866. The van der Waals surface area contributed by atoms with Gasteiger partial charge in [0.2, 0.25) is 0 Å². The molecule has 2 N–H and O–H groups in total. The Balaban J connectivity index is 1.86. The summed E-state index contributed by atoms with van der Waals surface area (Å²) in [5, 5.41) is 17.3. The van der Waals surface area contributed by atoms with Crippen LogP contribution in [0.25, 0.3) is 0 Å². The van der Waals surface area contributed by atoms with Crippen molar-refractivity contribution in [2.75, 3.05) is 13.2 Å². The van der Waals surface area contributed by atoms with Crippen LogP contribution in [0.1, 0.15) is 41.7 Å². The van der Waals surface area contributed by atoms with Crippen LogP contribution in [0.3, 0.4) is 0 Å². The average molecular weight is 365 g/mol. The van der Waals surface area contributed by atoms with E-state index in [1.807, 2.05) is 0 Å². The Labute approximate surface area is 147 Å². The van der Waals surface area contributed by atoms with Crippen LogP contribution < -0.4 is 11.2 Å². The number of carbonyl (C=O) groups is 1. The van der Waals surface area contributed by atoms with E-state index in [2.05, 4.69) is 15.3 Å². The fraction of sp³-hybridized carbons (Fsp3) is 0.533. The van der Waals surface area contributed by atoms with E-state index >= 15 is 0 Å². The number of rotatable bonds is 5. The second kappa shape index (κ2) is 7.22. The number of aromatic amines is 1. The van der Waals surface area contributed by atoms with Gasteiger partial charge in [-0.15, -0.1) is 5.10 Å². The van der Waals surface area contributed by atoms with Crippen molar-refractivity contribution in [3.8, 4) is 0 Å². The quantitative estimate of drug-likeness (QED) is 0.652. The first-order valence-electron chi connectivity index (χ1n) is 8.12. The number of esters is 1. The number of aliphatic hydroxyl groups is 1. The van der Waals surface area contributed by atoms with Crippen molar-refractivity contribution in [2.24, 2.45) is 0 Å². The minimum atomic E-state index is -0.699. The Morgan fingerprint density at radius 1 is 1.46 bits per heavy atom. The minimum Gasteiger partial charge on any atom is -0.461 e. The van der Waals surface area contributed by atoms with E-state index in [0.29, 0.717) is 12.0 Å². The molecule has 0 aromatic carbocycles. The number of aryl methyl sites for hydroxylation is 1. The Morgan fingerprint density at radius 3 is 2.92 bits per heavy atom. The Hall–Kier alpha value is -2.79. The zero-order chi connectivity index (χ0) is 18.8. The molecule has 1 fully saturated rings. The van der Waals surface area contributed by atoms with Gasteiger partial charge in [-0.1, -0.05) is 5.21 Å². The molecule has 11 heteroatoms. The van der Waals surface area contributed by atoms with Crippen molar-refractivity contribution in [3.05, 3.63) is 44.5 Å². The van der Waals surface area contributed by atoms with E-state index in [1.165, 1.54) is 21.6 Å². The molecule has 0 spiro atoms. The van der Waals surface area contributed by atoms with Crippen LogP contribution in [0.15, 0.2) is 22.0 Å². The molecule has 26 heavy (non-hydrogen) atoms. The maximum Gasteiger partial charge on any atom is 0.360 e. The van der Waals surface area contributed by atoms with E-state index in [-0.39, 0.29) is 18.9 Å². The third-order valence-corrected chi connectivity index (χ3v) is 4.17. The highest BCUT2D eigenvalue weighted by molar-refractivity contribution is 5.86. The third-order valence-electron chi connectivity index (χ3n) is 4.17. The van der Waals surface area contributed by atoms with E-state index in [0.717, 1.165) is 0 Å². The van der Waals surface area contributed by atoms with E-state index in [4.69, 9.17) is 9.47 Å². The molecule has 0 aliphatic carbocycles. The summed E-state index contributed by atoms with van der Waals surface area (Å²) < 4.78 is 13.3. The van der Waals surface area contributed by atoms with Crippen molar-refractivity contribution in [2.45, 2.75) is 38.6 Å². The maximum atomic E-state index is 12.1. The van der Waals surface area contributed by atoms with Crippen LogP contribution in [0.2, 0.25) is 0 Å². The van der Waals surface area contributed by atoms with Gasteiger partial charge in [-0.2, -0.15) is 0 Å². The summed E-state index contributed by atoms with van der Waals surface area (Å²) in [6.07, 6.45) is 1.76. The van der Waals surface area contributed by atoms with Crippen molar-refractivity contribution < 1.29 is 19.4 Å². The average Bonchev–Trinajstić information content (AvgIpc) is 3.24. The van der Waals surface area contributed by atoms with Gasteiger partial charge in [0.05, 0.1) is 25.5 Å². The number of hydrogen-bond acceptors (Lipinski definition) is 8. The molecule has 0 unspecified atom stereocenters. The number of aliphatic hydroxyl groups excluding tert-OH is 1. The molecule has 1 aliphatic rings. The molecular weight excluding hydrogens is 346 g/mol. The van der Waals surface area contributed by atoms with Gasteiger partial charge in [0.25, 0.3) is 5.56 Å². The van der Waals surface area contributed by atoms with Gasteiger partial charge in [0, 0.05) is 18.2 Å². The fourth-order valence-electron chi connectivity index (χ4n) is 2.87. The number of H-pyrrole nitrogens is 1. The van der Waals surface area contributed by atoms with Crippen molar-refractivity contribution >= 4 is 5.97 Å². The molecule has 0 bridgehead atoms. The van der Waals surface area contributed by atoms with Crippen LogP contribution >= 0.6 is 0 Å². The minimum absolute atomic E-state index is 0.0454. The molecule has 0 amide bonds. The van der Waals surface area contributed by atoms with Crippen molar-refractivity contribution in [1.29, 1.82) is 0 Å². The van der Waals surface area contributed by atoms with Crippen molar-refractivity contribution in [3.63, 3.8) is 0 Å². The number of ether oxygens (including phenoxy) is 2. The first kappa shape index (κ1) is 18.0. The van der Waals surface area contributed by atoms with Crippen LogP contribution in [0, 0.1) is 6.92 Å². The maximum absolute atomic E-state index is 12.1. The largest absolute Gasteiger partial charge is 0.461 e. The molecule has 3 atom stereocenters. The highest BCUT2D eigenvalue weighted by Gasteiger charge is 2.38. The van der Waals surface area contributed by atoms with E-state index < -0.39 is 35.6 Å². The van der Waals surface area contributed by atoms with Gasteiger partial charge < -0.3 is 14.6 Å². The zero-order valence-electron chi connectivity index (χ0n) is 14.3. The molecule has 11 nitrogen and oxygen atoms in total. The van der Waals surface area contributed by atoms with Gasteiger partial charge >= 0.3 is 11.7 Å². The Morgan fingerprint density at radius 2 is 2.23 bits per heavy atom. The first-order valence-corrected chi connectivity index (χ1v) is 8.12. The lowest BCUT2D eigenvalue weighted by atomic mass is 10.1. The monoisotopic (exact) mass is 365 g/mol. The third kappa shape index (κ3) is 3.30. The second-order valence-corrected chi connectivity index (χ2v) is 5.90. The lowest BCUT2D eigenvalue weighted by Gasteiger charge is -2.15. The molecule has 3 heterocycles. The van der Waals surface area contributed by atoms with Gasteiger partial charge in [-0.05, 0) is 13.8 Å². The predicted molar refractivity (Wildman–Crippen MR) is 86.7 cm³/mol. The summed E-state index contributed by atoms with van der Waals surface area (Å²) in [6, 6.07) is -0.445. The molecule has 0 saturated carbocycles. The summed E-state index contributed by atoms with van der Waals surface area (Å²) in [5.74, 6) is -0.595. The molecule has 2 aromatic rings. The summed E-state index contributed by atoms with van der Waals surface area (Å²) in [4.78, 5) is 37.5. The van der Waals surface area contributed by atoms with Crippen LogP contribution in [-0.4, -0.2) is 54.9 Å². The van der Waals surface area contributed by atoms with E-state index in [1.54, 1.807) is 13.8 Å². The SMILES string of the molecule is CCOC(=O)c1cn([C@H]2C[C@H](n3cc(C)c(=O)[nH]c3=O)O[C@@H]2CO)nn1. The molecule has 3 rings (SSSR count). The summed E-state index contributed by atoms with van der Waals surface area (Å²) in [7, 11) is 0. The van der Waals surface area contributed by atoms with Crippen LogP contribution in [0.5, 0.6) is 0 Å². The van der Waals surface area contributed by atoms with Gasteiger partial charge in [0.15, 0.2) is 5.69 Å². The van der Waals surface area contributed by atoms with Crippen LogP contribution in [-0.2, 0) is 9.47 Å². The lowest BCUT2D eigenvalue weighted by molar-refractivity contribution is -0.0323. The summed E-state index contributed by atoms with van der Waals surface area (Å²) >= 11 is 0. The standard InChI is InChI=1S/C15H19N5O6/c1-3-25-14(23)9-6-20(18-17-9)10-4-12(26-11(10)7-21)19-5-8(2)13(22)16-15(19)24/h5-6,10-12,21H,3-4,7H2,1-2H3,(H,16,22,24)/t10-,11+,12+/m0/s1. The molecular formula is C15H19N5O6. The van der Waals surface area contributed by atoms with E-state index in [9.17, 15) is 19.5 Å². The number of carbonyl (C=O) groups excluding carboxylic acids is 1. The topological polar surface area (TPSA) is 141 Å². The van der Waals surface area contributed by atoms with Gasteiger partial charge in [-0.25, -0.2) is 14.3 Å². The lowest BCUT2D eigenvalue weighted by Crippen LogP contribution is -2.33. The fourth-order valence-corrected chi connectivity index (χ4v) is 2.87. The Bertz CT molecular complexity index is 916. The molecule has 1 saturated heterocycles. The molecule has 1 aliphatic heterocycles. The second-order valence-electron chi connectivity index (χ2n) is 5.90. The Kier molecular flexibility index (Phi) is 5.00. The zero-order valence-corrected chi connectivity index (χ0v) is 14.3.